The van der Waals surface area contributed by atoms with Crippen LogP contribution in [0.3, 0.4) is 0 Å². The van der Waals surface area contributed by atoms with Crippen molar-refractivity contribution in [2.24, 2.45) is 0 Å². The van der Waals surface area contributed by atoms with Crippen molar-refractivity contribution in [2.45, 2.75) is 6.42 Å². The Balaban J connectivity index is 2.48. The third kappa shape index (κ3) is 2.97. The van der Waals surface area contributed by atoms with Crippen LogP contribution in [-0.2, 0) is 11.2 Å². The molecule has 0 radical (unpaired) electrons. The smallest absolute Gasteiger partial charge is 0.309 e. The van der Waals surface area contributed by atoms with E-state index in [1.807, 2.05) is 0 Å². The lowest BCUT2D eigenvalue weighted by molar-refractivity contribution is -0.136. The number of aromatic nitrogens is 1. The molecular weight excluding hydrogens is 289 g/mol. The average Bonchev–Trinajstić information content (AvgIpc) is 2.32. The number of benzene rings is 1. The number of rotatable bonds is 3. The van der Waals surface area contributed by atoms with Gasteiger partial charge in [0.1, 0.15) is 5.75 Å². The second kappa shape index (κ2) is 5.47. The quantitative estimate of drug-likeness (QED) is 0.911. The highest BCUT2D eigenvalue weighted by atomic mass is 35.5. The Kier molecular flexibility index (Phi) is 3.93. The molecule has 0 amide bonds. The predicted octanol–water partition coefficient (Wildman–Crippen LogP) is 3.39. The summed E-state index contributed by atoms with van der Waals surface area (Å²) in [6.45, 7) is 0. The van der Waals surface area contributed by atoms with Gasteiger partial charge < -0.3 is 10.2 Å². The van der Waals surface area contributed by atoms with Crippen molar-refractivity contribution < 1.29 is 15.0 Å². The Hall–Kier alpha value is -1.78. The van der Waals surface area contributed by atoms with Crippen LogP contribution >= 0.6 is 23.2 Å². The molecule has 0 spiro atoms. The molecule has 2 aromatic rings. The molecule has 1 aromatic carbocycles. The first-order chi connectivity index (χ1) is 8.99. The van der Waals surface area contributed by atoms with Gasteiger partial charge >= 0.3 is 5.97 Å². The second-order valence-electron chi connectivity index (χ2n) is 3.86. The van der Waals surface area contributed by atoms with Crippen LogP contribution in [0.4, 0.5) is 0 Å². The number of aliphatic carboxylic acids is 1. The number of aromatic hydroxyl groups is 1. The van der Waals surface area contributed by atoms with E-state index in [0.717, 1.165) is 0 Å². The Morgan fingerprint density at radius 2 is 1.89 bits per heavy atom. The van der Waals surface area contributed by atoms with Crippen LogP contribution in [0, 0.1) is 0 Å². The van der Waals surface area contributed by atoms with E-state index in [1.165, 1.54) is 12.3 Å². The zero-order chi connectivity index (χ0) is 14.0. The van der Waals surface area contributed by atoms with Crippen molar-refractivity contribution in [3.63, 3.8) is 0 Å². The third-order valence-electron chi connectivity index (χ3n) is 2.52. The predicted molar refractivity (Wildman–Crippen MR) is 72.7 cm³/mol. The Labute approximate surface area is 119 Å². The molecule has 0 bridgehead atoms. The fraction of sp³-hybridized carbons (Fsp3) is 0.0769. The Morgan fingerprint density at radius 1 is 1.26 bits per heavy atom. The second-order valence-corrected chi connectivity index (χ2v) is 4.67. The molecule has 0 aliphatic carbocycles. The molecular formula is C13H9Cl2NO3. The van der Waals surface area contributed by atoms with E-state index in [0.29, 0.717) is 21.2 Å². The lowest BCUT2D eigenvalue weighted by Gasteiger charge is -2.08. The van der Waals surface area contributed by atoms with Gasteiger partial charge in [-0.15, -0.1) is 0 Å². The van der Waals surface area contributed by atoms with Crippen molar-refractivity contribution >= 4 is 29.2 Å². The molecule has 0 fully saturated rings. The summed E-state index contributed by atoms with van der Waals surface area (Å²) >= 11 is 12.1. The molecule has 1 aromatic heterocycles. The summed E-state index contributed by atoms with van der Waals surface area (Å²) < 4.78 is 0. The number of carboxylic acids is 1. The summed E-state index contributed by atoms with van der Waals surface area (Å²) in [4.78, 5) is 14.5. The summed E-state index contributed by atoms with van der Waals surface area (Å²) in [7, 11) is 0. The standard InChI is InChI=1S/C13H9Cl2NO3/c14-8-2-1-3-9(15)13(8)7-4-11(17)10(16-6-7)5-12(18)19/h1-4,6,17H,5H2,(H,18,19). The van der Waals surface area contributed by atoms with Crippen molar-refractivity contribution in [2.75, 3.05) is 0 Å². The highest BCUT2D eigenvalue weighted by Gasteiger charge is 2.13. The normalized spacial score (nSPS) is 10.4. The summed E-state index contributed by atoms with van der Waals surface area (Å²) in [6, 6.07) is 6.45. The first-order valence-corrected chi connectivity index (χ1v) is 6.08. The lowest BCUT2D eigenvalue weighted by Crippen LogP contribution is -2.02. The minimum Gasteiger partial charge on any atom is -0.506 e. The third-order valence-corrected chi connectivity index (χ3v) is 3.15. The SMILES string of the molecule is O=C(O)Cc1ncc(-c2c(Cl)cccc2Cl)cc1O. The van der Waals surface area contributed by atoms with E-state index in [1.54, 1.807) is 18.2 Å². The molecule has 19 heavy (non-hydrogen) atoms. The van der Waals surface area contributed by atoms with Crippen LogP contribution in [0.1, 0.15) is 5.69 Å². The van der Waals surface area contributed by atoms with E-state index in [9.17, 15) is 9.90 Å². The van der Waals surface area contributed by atoms with E-state index in [-0.39, 0.29) is 17.9 Å². The molecule has 4 nitrogen and oxygen atoms in total. The minimum atomic E-state index is -1.06. The van der Waals surface area contributed by atoms with E-state index in [2.05, 4.69) is 4.98 Å². The van der Waals surface area contributed by atoms with Crippen LogP contribution < -0.4 is 0 Å². The number of hydrogen-bond donors (Lipinski definition) is 2. The molecule has 2 N–H and O–H groups in total. The van der Waals surface area contributed by atoms with Gasteiger partial charge in [-0.1, -0.05) is 29.3 Å². The van der Waals surface area contributed by atoms with Crippen LogP contribution in [0.5, 0.6) is 5.75 Å². The first kappa shape index (κ1) is 13.6. The molecule has 2 rings (SSSR count). The monoisotopic (exact) mass is 297 g/mol. The minimum absolute atomic E-state index is 0.0967. The maximum atomic E-state index is 10.6. The van der Waals surface area contributed by atoms with Crippen molar-refractivity contribution in [1.29, 1.82) is 0 Å². The maximum Gasteiger partial charge on any atom is 0.309 e. The summed E-state index contributed by atoms with van der Waals surface area (Å²) in [6.07, 6.45) is 1.09. The summed E-state index contributed by atoms with van der Waals surface area (Å²) in [5.41, 5.74) is 1.18. The van der Waals surface area contributed by atoms with Crippen LogP contribution in [0.2, 0.25) is 10.0 Å². The largest absolute Gasteiger partial charge is 0.506 e. The summed E-state index contributed by atoms with van der Waals surface area (Å²) in [5.74, 6) is -1.26. The molecule has 6 heteroatoms. The van der Waals surface area contributed by atoms with E-state index in [4.69, 9.17) is 28.3 Å². The average molecular weight is 298 g/mol. The van der Waals surface area contributed by atoms with Crippen LogP contribution in [0.15, 0.2) is 30.5 Å². The van der Waals surface area contributed by atoms with Crippen LogP contribution in [-0.4, -0.2) is 21.2 Å². The molecule has 0 unspecified atom stereocenters. The highest BCUT2D eigenvalue weighted by Crippen LogP contribution is 2.35. The number of halogens is 2. The lowest BCUT2D eigenvalue weighted by atomic mass is 10.1. The number of carboxylic acid groups (broad SMARTS) is 1. The van der Waals surface area contributed by atoms with Gasteiger partial charge in [-0.25, -0.2) is 0 Å². The van der Waals surface area contributed by atoms with Crippen molar-refractivity contribution in [1.82, 2.24) is 4.98 Å². The number of carbonyl (C=O) groups is 1. The molecule has 0 atom stereocenters. The Morgan fingerprint density at radius 3 is 2.42 bits per heavy atom. The molecule has 0 saturated heterocycles. The summed E-state index contributed by atoms with van der Waals surface area (Å²) in [5, 5.41) is 19.3. The van der Waals surface area contributed by atoms with Gasteiger partial charge in [0.2, 0.25) is 0 Å². The number of pyridine rings is 1. The molecule has 1 heterocycles. The van der Waals surface area contributed by atoms with Crippen molar-refractivity contribution in [3.8, 4) is 16.9 Å². The number of nitrogens with zero attached hydrogens (tertiary/aromatic N) is 1. The fourth-order valence-corrected chi connectivity index (χ4v) is 2.29. The van der Waals surface area contributed by atoms with Gasteiger partial charge in [-0.3, -0.25) is 9.78 Å². The number of hydrogen-bond acceptors (Lipinski definition) is 3. The molecule has 98 valence electrons. The molecule has 0 saturated carbocycles. The van der Waals surface area contributed by atoms with Gasteiger partial charge in [-0.05, 0) is 18.2 Å². The van der Waals surface area contributed by atoms with Gasteiger partial charge in [-0.2, -0.15) is 0 Å². The van der Waals surface area contributed by atoms with Gasteiger partial charge in [0.25, 0.3) is 0 Å². The van der Waals surface area contributed by atoms with Crippen molar-refractivity contribution in [3.05, 3.63) is 46.2 Å². The molecule has 0 aliphatic rings. The van der Waals surface area contributed by atoms with Gasteiger partial charge in [0.05, 0.1) is 12.1 Å². The van der Waals surface area contributed by atoms with Crippen LogP contribution in [0.25, 0.3) is 11.1 Å². The highest BCUT2D eigenvalue weighted by molar-refractivity contribution is 6.39. The van der Waals surface area contributed by atoms with Gasteiger partial charge in [0, 0.05) is 27.4 Å². The van der Waals surface area contributed by atoms with E-state index < -0.39 is 5.97 Å². The first-order valence-electron chi connectivity index (χ1n) is 5.33. The zero-order valence-corrected chi connectivity index (χ0v) is 11.1. The maximum absolute atomic E-state index is 10.6. The molecule has 0 aliphatic heterocycles. The Bertz CT molecular complexity index is 624. The zero-order valence-electron chi connectivity index (χ0n) is 9.60. The topological polar surface area (TPSA) is 70.4 Å². The van der Waals surface area contributed by atoms with Gasteiger partial charge in [0.15, 0.2) is 0 Å². The fourth-order valence-electron chi connectivity index (χ4n) is 1.67. The van der Waals surface area contributed by atoms with E-state index >= 15 is 0 Å².